The van der Waals surface area contributed by atoms with Crippen LogP contribution in [-0.4, -0.2) is 0 Å². The van der Waals surface area contributed by atoms with E-state index in [1.165, 1.54) is 37.3 Å². The predicted molar refractivity (Wildman–Crippen MR) is 203 cm³/mol. The van der Waals surface area contributed by atoms with Crippen molar-refractivity contribution in [2.45, 2.75) is 15.2 Å². The topological polar surface area (TPSA) is 12.5 Å². The minimum atomic E-state index is -2.35. The molecule has 228 valence electrons. The summed E-state index contributed by atoms with van der Waals surface area (Å²) in [5.41, 5.74) is 8.07. The summed E-state index contributed by atoms with van der Waals surface area (Å²) < 4.78 is 6.74. The number of hydrogen-bond donors (Lipinski definition) is 0. The van der Waals surface area contributed by atoms with Crippen molar-refractivity contribution < 1.29 is 4.74 Å². The van der Waals surface area contributed by atoms with E-state index in [2.05, 4.69) is 169 Å². The average molecular weight is 670 g/mol. The molecule has 3 aliphatic heterocycles. The maximum Gasteiger partial charge on any atom is 0.138 e. The smallest absolute Gasteiger partial charge is 0.138 e. The van der Waals surface area contributed by atoms with Gasteiger partial charge in [0, 0.05) is 38.2 Å². The standard InChI is InChI=1S/C43H28NOPS2/c47-46(30-14-2-1-3-15-30)39-23-11-10-22-37(39)45-38-28-29(26-27-40(38)46)44-35-20-8-4-16-31(35)43(32-17-5-9-21-36(32)44)33-18-6-12-24-41(33)48-42-25-13-7-19-34(42)43/h1-28H. The van der Waals surface area contributed by atoms with E-state index in [4.69, 9.17) is 16.5 Å². The molecule has 0 saturated heterocycles. The monoisotopic (exact) mass is 669 g/mol. The molecule has 1 spiro atoms. The van der Waals surface area contributed by atoms with Crippen molar-refractivity contribution in [3.63, 3.8) is 0 Å². The molecule has 10 rings (SSSR count). The van der Waals surface area contributed by atoms with Crippen LogP contribution in [0, 0.1) is 0 Å². The van der Waals surface area contributed by atoms with Crippen LogP contribution >= 0.6 is 17.8 Å². The third kappa shape index (κ3) is 3.74. The summed E-state index contributed by atoms with van der Waals surface area (Å²) in [4.78, 5) is 5.00. The molecule has 0 aromatic heterocycles. The highest BCUT2D eigenvalue weighted by molar-refractivity contribution is 8.25. The number of hydrogen-bond acceptors (Lipinski definition) is 4. The molecule has 48 heavy (non-hydrogen) atoms. The molecule has 0 radical (unpaired) electrons. The summed E-state index contributed by atoms with van der Waals surface area (Å²) in [6, 6.07) is 58.9. The van der Waals surface area contributed by atoms with Crippen molar-refractivity contribution in [3.8, 4) is 11.5 Å². The molecular formula is C43H28NOPS2. The van der Waals surface area contributed by atoms with E-state index in [1.54, 1.807) is 0 Å². The van der Waals surface area contributed by atoms with Crippen molar-refractivity contribution in [3.05, 3.63) is 192 Å². The van der Waals surface area contributed by atoms with E-state index >= 15 is 0 Å². The predicted octanol–water partition coefficient (Wildman–Crippen LogP) is 10.2. The van der Waals surface area contributed by atoms with Crippen LogP contribution in [0.25, 0.3) is 0 Å². The second-order valence-corrected chi connectivity index (χ2v) is 17.8. The summed E-state index contributed by atoms with van der Waals surface area (Å²) in [6.45, 7) is 0. The van der Waals surface area contributed by atoms with Crippen molar-refractivity contribution in [1.29, 1.82) is 0 Å². The van der Waals surface area contributed by atoms with Crippen LogP contribution in [0.4, 0.5) is 17.1 Å². The van der Waals surface area contributed by atoms with Gasteiger partial charge in [-0.25, -0.2) is 0 Å². The first kappa shape index (κ1) is 28.2. The lowest BCUT2D eigenvalue weighted by Crippen LogP contribution is -2.39. The molecule has 0 fully saturated rings. The Bertz CT molecular complexity index is 2380. The molecule has 2 nitrogen and oxygen atoms in total. The maximum atomic E-state index is 6.74. The molecule has 3 heterocycles. The van der Waals surface area contributed by atoms with Crippen LogP contribution < -0.4 is 25.6 Å². The second kappa shape index (κ2) is 10.6. The first-order valence-corrected chi connectivity index (χ1v) is 19.7. The summed E-state index contributed by atoms with van der Waals surface area (Å²) in [7, 11) is 0. The first-order chi connectivity index (χ1) is 23.7. The van der Waals surface area contributed by atoms with Crippen molar-refractivity contribution in [1.82, 2.24) is 0 Å². The summed E-state index contributed by atoms with van der Waals surface area (Å²) in [5, 5.41) is 3.37. The van der Waals surface area contributed by atoms with Crippen LogP contribution in [0.15, 0.2) is 180 Å². The first-order valence-electron chi connectivity index (χ1n) is 16.1. The lowest BCUT2D eigenvalue weighted by atomic mass is 9.62. The zero-order chi connectivity index (χ0) is 31.9. The van der Waals surface area contributed by atoms with Gasteiger partial charge >= 0.3 is 0 Å². The van der Waals surface area contributed by atoms with E-state index in [1.807, 2.05) is 17.8 Å². The number of fused-ring (bicyclic) bond motifs is 10. The largest absolute Gasteiger partial charge is 0.456 e. The van der Waals surface area contributed by atoms with Crippen molar-refractivity contribution in [2.24, 2.45) is 0 Å². The highest BCUT2D eigenvalue weighted by atomic mass is 32.4. The van der Waals surface area contributed by atoms with Crippen LogP contribution in [0.1, 0.15) is 22.3 Å². The highest BCUT2D eigenvalue weighted by Crippen LogP contribution is 2.63. The van der Waals surface area contributed by atoms with Gasteiger partial charge in [-0.2, -0.15) is 0 Å². The van der Waals surface area contributed by atoms with E-state index in [9.17, 15) is 0 Å². The molecule has 0 amide bonds. The van der Waals surface area contributed by atoms with Gasteiger partial charge in [0.25, 0.3) is 0 Å². The third-order valence-corrected chi connectivity index (χ3v) is 16.1. The summed E-state index contributed by atoms with van der Waals surface area (Å²) >= 11 is 8.59. The average Bonchev–Trinajstić information content (AvgIpc) is 3.15. The maximum absolute atomic E-state index is 6.74. The van der Waals surface area contributed by atoms with Crippen LogP contribution in [-0.2, 0) is 17.2 Å². The quantitative estimate of drug-likeness (QED) is 0.170. The lowest BCUT2D eigenvalue weighted by Gasteiger charge is -2.49. The molecular weight excluding hydrogens is 642 g/mol. The van der Waals surface area contributed by atoms with Gasteiger partial charge in [0.15, 0.2) is 0 Å². The molecule has 3 aliphatic rings. The molecule has 1 atom stereocenters. The normalized spacial score (nSPS) is 17.5. The Hall–Kier alpha value is -4.86. The summed E-state index contributed by atoms with van der Waals surface area (Å²) in [6.07, 6.45) is 0. The molecule has 0 saturated carbocycles. The molecule has 5 heteroatoms. The zero-order valence-corrected chi connectivity index (χ0v) is 28.3. The minimum Gasteiger partial charge on any atom is -0.456 e. The van der Waals surface area contributed by atoms with Gasteiger partial charge in [-0.1, -0.05) is 139 Å². The fraction of sp³-hybridized carbons (Fsp3) is 0.0233. The molecule has 0 N–H and O–H groups in total. The Balaban J connectivity index is 1.23. The Morgan fingerprint density at radius 2 is 1.02 bits per heavy atom. The van der Waals surface area contributed by atoms with Crippen LogP contribution in [0.2, 0.25) is 0 Å². The van der Waals surface area contributed by atoms with Gasteiger partial charge in [-0.15, -0.1) is 0 Å². The SMILES string of the molecule is S=P1(c2ccccc2)c2ccccc2Oc2cc(N3c4ccccc4C4(c5ccccc5Sc5ccccc54)c4ccccc43)ccc21. The van der Waals surface area contributed by atoms with E-state index in [-0.39, 0.29) is 0 Å². The van der Waals surface area contributed by atoms with Crippen LogP contribution in [0.5, 0.6) is 11.5 Å². The number of para-hydroxylation sites is 3. The van der Waals surface area contributed by atoms with Crippen molar-refractivity contribution >= 4 is 62.6 Å². The Labute approximate surface area is 289 Å². The number of benzene rings is 7. The third-order valence-electron chi connectivity index (χ3n) is 9.99. The second-order valence-electron chi connectivity index (χ2n) is 12.4. The Morgan fingerprint density at radius 1 is 0.500 bits per heavy atom. The van der Waals surface area contributed by atoms with Crippen LogP contribution in [0.3, 0.4) is 0 Å². The molecule has 0 bridgehead atoms. The number of ether oxygens (including phenoxy) is 1. The van der Waals surface area contributed by atoms with Gasteiger partial charge in [0.2, 0.25) is 0 Å². The highest BCUT2D eigenvalue weighted by Gasteiger charge is 2.50. The molecule has 0 aliphatic carbocycles. The zero-order valence-electron chi connectivity index (χ0n) is 25.8. The van der Waals surface area contributed by atoms with Crippen molar-refractivity contribution in [2.75, 3.05) is 4.90 Å². The molecule has 7 aromatic rings. The van der Waals surface area contributed by atoms with Gasteiger partial charge < -0.3 is 9.64 Å². The summed E-state index contributed by atoms with van der Waals surface area (Å²) in [5.74, 6) is 1.68. The van der Waals surface area contributed by atoms with E-state index < -0.39 is 11.5 Å². The number of anilines is 3. The number of nitrogens with zero attached hydrogens (tertiary/aromatic N) is 1. The molecule has 7 aromatic carbocycles. The van der Waals surface area contributed by atoms with Gasteiger partial charge in [-0.05, 0) is 76.1 Å². The fourth-order valence-electron chi connectivity index (χ4n) is 8.05. The van der Waals surface area contributed by atoms with Gasteiger partial charge in [0.05, 0.1) is 16.8 Å². The lowest BCUT2D eigenvalue weighted by molar-refractivity contribution is 0.488. The minimum absolute atomic E-state index is 0.472. The Kier molecular flexibility index (Phi) is 6.21. The van der Waals surface area contributed by atoms with E-state index in [0.717, 1.165) is 39.2 Å². The van der Waals surface area contributed by atoms with Gasteiger partial charge in [0.1, 0.15) is 11.5 Å². The fourth-order valence-corrected chi connectivity index (χ4v) is 13.4. The number of rotatable bonds is 2. The molecule has 1 unspecified atom stereocenters. The van der Waals surface area contributed by atoms with Gasteiger partial charge in [-0.3, -0.25) is 0 Å². The Morgan fingerprint density at radius 3 is 1.69 bits per heavy atom. The van der Waals surface area contributed by atoms with E-state index in [0.29, 0.717) is 0 Å².